The van der Waals surface area contributed by atoms with E-state index in [0.29, 0.717) is 41.8 Å². The molecule has 6 nitrogen and oxygen atoms in total. The quantitative estimate of drug-likeness (QED) is 0.435. The molecule has 0 saturated carbocycles. The zero-order valence-electron chi connectivity index (χ0n) is 13.2. The van der Waals surface area contributed by atoms with E-state index in [-0.39, 0.29) is 23.2 Å². The molecule has 0 amide bonds. The highest BCUT2D eigenvalue weighted by Crippen LogP contribution is 2.31. The van der Waals surface area contributed by atoms with E-state index in [4.69, 9.17) is 0 Å². The second-order valence-corrected chi connectivity index (χ2v) is 6.74. The smallest absolute Gasteiger partial charge is 0.288 e. The maximum Gasteiger partial charge on any atom is 0.288 e. The van der Waals surface area contributed by atoms with Crippen LogP contribution in [0.4, 0.5) is 15.9 Å². The van der Waals surface area contributed by atoms with Gasteiger partial charge in [0, 0.05) is 30.6 Å². The lowest BCUT2D eigenvalue weighted by Gasteiger charge is -2.32. The van der Waals surface area contributed by atoms with Crippen LogP contribution in [0.1, 0.15) is 23.2 Å². The van der Waals surface area contributed by atoms with E-state index in [9.17, 15) is 19.3 Å². The minimum absolute atomic E-state index is 0.0235. The van der Waals surface area contributed by atoms with Crippen molar-refractivity contribution in [3.05, 3.63) is 62.5 Å². The molecule has 1 aliphatic rings. The van der Waals surface area contributed by atoms with E-state index in [1.165, 1.54) is 36.5 Å². The molecule has 0 bridgehead atoms. The minimum Gasteiger partial charge on any atom is -0.356 e. The van der Waals surface area contributed by atoms with Gasteiger partial charge in [0.2, 0.25) is 0 Å². The monoisotopic (exact) mass is 407 g/mol. The summed E-state index contributed by atoms with van der Waals surface area (Å²) in [5, 5.41) is 10.8. The number of ketones is 1. The molecule has 1 saturated heterocycles. The first-order valence-corrected chi connectivity index (χ1v) is 8.59. The number of hydrogen-bond acceptors (Lipinski definition) is 5. The summed E-state index contributed by atoms with van der Waals surface area (Å²) >= 11 is 3.33. The van der Waals surface area contributed by atoms with Crippen LogP contribution in [-0.4, -0.2) is 28.8 Å². The van der Waals surface area contributed by atoms with Gasteiger partial charge in [-0.3, -0.25) is 14.9 Å². The summed E-state index contributed by atoms with van der Waals surface area (Å²) in [4.78, 5) is 29.0. The number of rotatable bonds is 4. The third kappa shape index (κ3) is 3.84. The Morgan fingerprint density at radius 1 is 1.28 bits per heavy atom. The molecule has 2 heterocycles. The van der Waals surface area contributed by atoms with Crippen LogP contribution in [0.15, 0.2) is 41.0 Å². The molecule has 8 heteroatoms. The van der Waals surface area contributed by atoms with Crippen molar-refractivity contribution in [2.45, 2.75) is 12.8 Å². The Labute approximate surface area is 151 Å². The molecule has 0 spiro atoms. The van der Waals surface area contributed by atoms with Crippen molar-refractivity contribution in [1.82, 2.24) is 4.98 Å². The van der Waals surface area contributed by atoms with E-state index in [1.54, 1.807) is 0 Å². The Kier molecular flexibility index (Phi) is 5.08. The minimum atomic E-state index is -0.491. The Morgan fingerprint density at radius 3 is 2.48 bits per heavy atom. The van der Waals surface area contributed by atoms with Gasteiger partial charge in [0.1, 0.15) is 17.8 Å². The molecular formula is C17H15BrFN3O3. The summed E-state index contributed by atoms with van der Waals surface area (Å²) < 4.78 is 13.5. The number of Topliss-reactive ketones (excluding diaryl/α,β-unsaturated/α-hetero) is 1. The van der Waals surface area contributed by atoms with Gasteiger partial charge >= 0.3 is 0 Å². The largest absolute Gasteiger partial charge is 0.356 e. The van der Waals surface area contributed by atoms with Crippen molar-refractivity contribution < 1.29 is 14.1 Å². The number of pyridine rings is 1. The van der Waals surface area contributed by atoms with Crippen LogP contribution in [0.2, 0.25) is 0 Å². The van der Waals surface area contributed by atoms with E-state index < -0.39 is 4.92 Å². The molecular weight excluding hydrogens is 393 g/mol. The molecule has 0 unspecified atom stereocenters. The first kappa shape index (κ1) is 17.5. The van der Waals surface area contributed by atoms with Gasteiger partial charge in [-0.2, -0.15) is 0 Å². The number of benzene rings is 1. The molecule has 0 radical (unpaired) electrons. The molecule has 0 aliphatic carbocycles. The Bertz CT molecular complexity index is 805. The second-order valence-electron chi connectivity index (χ2n) is 5.89. The van der Waals surface area contributed by atoms with Gasteiger partial charge in [0.05, 0.1) is 9.40 Å². The summed E-state index contributed by atoms with van der Waals surface area (Å²) in [6.45, 7) is 1.25. The number of carbonyl (C=O) groups excluding carboxylic acids is 1. The van der Waals surface area contributed by atoms with Crippen LogP contribution in [0, 0.1) is 21.8 Å². The summed E-state index contributed by atoms with van der Waals surface area (Å²) in [6.07, 6.45) is 2.54. The fourth-order valence-corrected chi connectivity index (χ4v) is 3.54. The van der Waals surface area contributed by atoms with Gasteiger partial charge in [0.25, 0.3) is 5.69 Å². The van der Waals surface area contributed by atoms with Crippen molar-refractivity contribution in [1.29, 1.82) is 0 Å². The van der Waals surface area contributed by atoms with Gasteiger partial charge in [-0.15, -0.1) is 0 Å². The van der Waals surface area contributed by atoms with Crippen molar-refractivity contribution in [2.24, 2.45) is 5.92 Å². The van der Waals surface area contributed by atoms with Crippen molar-refractivity contribution in [3.8, 4) is 0 Å². The predicted molar refractivity (Wildman–Crippen MR) is 94.3 cm³/mol. The molecule has 3 rings (SSSR count). The van der Waals surface area contributed by atoms with E-state index in [2.05, 4.69) is 20.9 Å². The van der Waals surface area contributed by atoms with Crippen molar-refractivity contribution >= 4 is 33.2 Å². The Hall–Kier alpha value is -2.35. The highest BCUT2D eigenvalue weighted by molar-refractivity contribution is 9.10. The zero-order valence-corrected chi connectivity index (χ0v) is 14.8. The molecule has 2 aromatic rings. The van der Waals surface area contributed by atoms with Gasteiger partial charge in [0.15, 0.2) is 5.78 Å². The fourth-order valence-electron chi connectivity index (χ4n) is 2.96. The van der Waals surface area contributed by atoms with Gasteiger partial charge < -0.3 is 4.90 Å². The molecule has 0 atom stereocenters. The molecule has 1 aromatic heterocycles. The molecule has 1 aromatic carbocycles. The predicted octanol–water partition coefficient (Wildman–Crippen LogP) is 3.99. The number of piperidine rings is 1. The first-order chi connectivity index (χ1) is 12.0. The van der Waals surface area contributed by atoms with Gasteiger partial charge in [-0.25, -0.2) is 9.37 Å². The maximum atomic E-state index is 13.0. The lowest BCUT2D eigenvalue weighted by molar-refractivity contribution is -0.385. The second kappa shape index (κ2) is 7.26. The summed E-state index contributed by atoms with van der Waals surface area (Å²) in [5.41, 5.74) is 0.450. The van der Waals surface area contributed by atoms with Crippen LogP contribution in [0.5, 0.6) is 0 Å². The number of nitrogens with zero attached hydrogens (tertiary/aromatic N) is 3. The maximum absolute atomic E-state index is 13.0. The number of hydrogen-bond donors (Lipinski definition) is 0. The third-order valence-corrected chi connectivity index (χ3v) is 4.90. The van der Waals surface area contributed by atoms with Gasteiger partial charge in [-0.1, -0.05) is 0 Å². The summed E-state index contributed by atoms with van der Waals surface area (Å²) in [5.74, 6) is 0.188. The summed E-state index contributed by atoms with van der Waals surface area (Å²) in [6, 6.07) is 7.04. The Morgan fingerprint density at radius 2 is 1.92 bits per heavy atom. The van der Waals surface area contributed by atoms with Crippen molar-refractivity contribution in [3.63, 3.8) is 0 Å². The molecule has 25 heavy (non-hydrogen) atoms. The van der Waals surface area contributed by atoms with E-state index in [1.807, 2.05) is 4.90 Å². The van der Waals surface area contributed by atoms with Crippen LogP contribution in [0.25, 0.3) is 0 Å². The SMILES string of the molecule is O=C(c1ccc(F)cc1)C1CCN(c2ncc([N+](=O)[O-])cc2Br)CC1. The lowest BCUT2D eigenvalue weighted by atomic mass is 9.89. The summed E-state index contributed by atoms with van der Waals surface area (Å²) in [7, 11) is 0. The van der Waals surface area contributed by atoms with Crippen LogP contribution < -0.4 is 4.90 Å². The highest BCUT2D eigenvalue weighted by atomic mass is 79.9. The lowest BCUT2D eigenvalue weighted by Crippen LogP contribution is -2.37. The number of halogens is 2. The molecule has 1 fully saturated rings. The third-order valence-electron chi connectivity index (χ3n) is 4.31. The zero-order chi connectivity index (χ0) is 18.0. The fraction of sp³-hybridized carbons (Fsp3) is 0.294. The number of anilines is 1. The highest BCUT2D eigenvalue weighted by Gasteiger charge is 2.27. The Balaban J connectivity index is 1.66. The number of aromatic nitrogens is 1. The first-order valence-electron chi connectivity index (χ1n) is 7.80. The van der Waals surface area contributed by atoms with Crippen molar-refractivity contribution in [2.75, 3.05) is 18.0 Å². The van der Waals surface area contributed by atoms with E-state index in [0.717, 1.165) is 0 Å². The van der Waals surface area contributed by atoms with Crippen LogP contribution >= 0.6 is 15.9 Å². The molecule has 0 N–H and O–H groups in total. The standard InChI is InChI=1S/C17H15BrFN3O3/c18-15-9-14(22(24)25)10-20-17(15)21-7-5-12(6-8-21)16(23)11-1-3-13(19)4-2-11/h1-4,9-10,12H,5-8H2. The average Bonchev–Trinajstić information content (AvgIpc) is 2.62. The van der Waals surface area contributed by atoms with Gasteiger partial charge in [-0.05, 0) is 53.0 Å². The normalized spacial score (nSPS) is 15.2. The van der Waals surface area contributed by atoms with Crippen LogP contribution in [-0.2, 0) is 0 Å². The number of carbonyl (C=O) groups is 1. The number of nitro groups is 1. The average molecular weight is 408 g/mol. The van der Waals surface area contributed by atoms with E-state index >= 15 is 0 Å². The molecule has 130 valence electrons. The van der Waals surface area contributed by atoms with Crippen LogP contribution in [0.3, 0.4) is 0 Å². The molecule has 1 aliphatic heterocycles. The topological polar surface area (TPSA) is 76.3 Å².